The van der Waals surface area contributed by atoms with Gasteiger partial charge in [0, 0.05) is 6.20 Å². The first-order valence-corrected chi connectivity index (χ1v) is 7.53. The van der Waals surface area contributed by atoms with Gasteiger partial charge in [-0.1, -0.05) is 23.4 Å². The third-order valence-electron chi connectivity index (χ3n) is 2.92. The van der Waals surface area contributed by atoms with Crippen LogP contribution in [0.4, 0.5) is 4.39 Å². The summed E-state index contributed by atoms with van der Waals surface area (Å²) in [5.41, 5.74) is 10.2. The van der Waals surface area contributed by atoms with E-state index < -0.39 is 0 Å². The molecular formula is C18H14ClFKN3O2. The van der Waals surface area contributed by atoms with E-state index in [1.807, 2.05) is 6.07 Å². The predicted molar refractivity (Wildman–Crippen MR) is 93.2 cm³/mol. The smallest absolute Gasteiger partial charge is 0.557 e. The van der Waals surface area contributed by atoms with Crippen molar-refractivity contribution in [3.05, 3.63) is 88.4 Å². The molecule has 2 rings (SSSR count). The zero-order chi connectivity index (χ0) is 18.1. The summed E-state index contributed by atoms with van der Waals surface area (Å²) in [7, 11) is 0. The Morgan fingerprint density at radius 3 is 2.35 bits per heavy atom. The van der Waals surface area contributed by atoms with Gasteiger partial charge in [0.25, 0.3) is 0 Å². The second kappa shape index (κ2) is 12.0. The van der Waals surface area contributed by atoms with Gasteiger partial charge in [-0.3, -0.25) is 0 Å². The Bertz CT molecular complexity index is 803. The van der Waals surface area contributed by atoms with Gasteiger partial charge in [-0.25, -0.2) is 4.39 Å². The fourth-order valence-corrected chi connectivity index (χ4v) is 1.82. The first-order valence-electron chi connectivity index (χ1n) is 7.15. The van der Waals surface area contributed by atoms with Crippen molar-refractivity contribution in [3.63, 3.8) is 0 Å². The van der Waals surface area contributed by atoms with Crippen LogP contribution in [0.2, 0.25) is 0 Å². The van der Waals surface area contributed by atoms with E-state index in [0.29, 0.717) is 22.8 Å². The fraction of sp³-hybridized carbons (Fsp3) is 0.0556. The number of hydrogen-bond acceptors (Lipinski definition) is 4. The largest absolute Gasteiger partial charge is 1.00 e. The maximum absolute atomic E-state index is 12.9. The fourth-order valence-electron chi connectivity index (χ4n) is 1.69. The first-order chi connectivity index (χ1) is 12.1. The first kappa shape index (κ1) is 22.5. The van der Waals surface area contributed by atoms with Gasteiger partial charge in [0.1, 0.15) is 17.3 Å². The zero-order valence-electron chi connectivity index (χ0n) is 14.0. The van der Waals surface area contributed by atoms with Crippen LogP contribution in [0.15, 0.2) is 71.5 Å². The molecule has 0 radical (unpaired) electrons. The Labute approximate surface area is 198 Å². The van der Waals surface area contributed by atoms with E-state index in [4.69, 9.17) is 32.2 Å². The molecular weight excluding hydrogens is 384 g/mol. The molecule has 26 heavy (non-hydrogen) atoms. The number of hydrogen-bond donors (Lipinski definition) is 1. The Kier molecular flexibility index (Phi) is 10.4. The van der Waals surface area contributed by atoms with Crippen molar-refractivity contribution in [2.45, 2.75) is 0 Å². The molecule has 0 aliphatic carbocycles. The van der Waals surface area contributed by atoms with Crippen molar-refractivity contribution in [3.8, 4) is 17.6 Å². The summed E-state index contributed by atoms with van der Waals surface area (Å²) in [5.74, 6) is 0.555. The molecule has 0 amide bonds. The van der Waals surface area contributed by atoms with Crippen molar-refractivity contribution < 1.29 is 65.3 Å². The molecule has 0 aliphatic rings. The van der Waals surface area contributed by atoms with Gasteiger partial charge in [0.05, 0.1) is 23.3 Å². The molecule has 0 unspecified atom stereocenters. The summed E-state index contributed by atoms with van der Waals surface area (Å²) in [6.45, 7) is 0.0337. The molecule has 128 valence electrons. The average molecular weight is 398 g/mol. The van der Waals surface area contributed by atoms with Crippen LogP contribution in [-0.2, 0) is 0 Å². The number of halogens is 2. The minimum absolute atomic E-state index is 0. The van der Waals surface area contributed by atoms with Gasteiger partial charge < -0.3 is 20.8 Å². The molecule has 0 spiro atoms. The Balaban J connectivity index is 0.00000338. The zero-order valence-corrected chi connectivity index (χ0v) is 17.9. The standard InChI is InChI=1S/C18H14ClFN3O2.K/c19-14(11-22)9-16(12-24-17-7-3-15(20)4-8-17)23-25-18-5-1-13(10-21)2-6-18;/h1-9,11H,12,22H2;/q-1;+1/b14-11+,16-9+;. The molecule has 8 heteroatoms. The Morgan fingerprint density at radius 1 is 1.15 bits per heavy atom. The average Bonchev–Trinajstić information content (AvgIpc) is 2.65. The van der Waals surface area contributed by atoms with E-state index in [-0.39, 0.29) is 68.8 Å². The molecule has 0 atom stereocenters. The van der Waals surface area contributed by atoms with Crippen molar-refractivity contribution >= 4 is 11.6 Å². The van der Waals surface area contributed by atoms with Crippen molar-refractivity contribution in [2.24, 2.45) is 5.73 Å². The summed E-state index contributed by atoms with van der Waals surface area (Å²) < 4.78 is 18.4. The maximum atomic E-state index is 12.9. The topological polar surface area (TPSA) is 82.4 Å². The van der Waals surface area contributed by atoms with Crippen LogP contribution in [0, 0.1) is 17.1 Å². The number of nitrogens with two attached hydrogens (primary N) is 1. The minimum Gasteiger partial charge on any atom is -0.557 e. The number of hydroxylamine groups is 1. The van der Waals surface area contributed by atoms with Crippen LogP contribution >= 0.6 is 11.6 Å². The molecule has 5 nitrogen and oxygen atoms in total. The monoisotopic (exact) mass is 397 g/mol. The molecule has 0 bridgehead atoms. The molecule has 2 N–H and O–H groups in total. The second-order valence-corrected chi connectivity index (χ2v) is 5.19. The van der Waals surface area contributed by atoms with Gasteiger partial charge in [0.15, 0.2) is 0 Å². The van der Waals surface area contributed by atoms with Crippen LogP contribution in [0.5, 0.6) is 11.5 Å². The van der Waals surface area contributed by atoms with Crippen LogP contribution in [-0.4, -0.2) is 6.61 Å². The van der Waals surface area contributed by atoms with E-state index in [1.165, 1.54) is 36.5 Å². The molecule has 0 fully saturated rings. The van der Waals surface area contributed by atoms with Crippen LogP contribution in [0.1, 0.15) is 5.56 Å². The summed E-state index contributed by atoms with van der Waals surface area (Å²) in [5, 5.41) is 9.03. The van der Waals surface area contributed by atoms with E-state index in [2.05, 4.69) is 5.48 Å². The normalized spacial score (nSPS) is 11.1. The Hall–Kier alpha value is -1.53. The van der Waals surface area contributed by atoms with E-state index in [0.717, 1.165) is 0 Å². The molecule has 0 aliphatic heterocycles. The summed E-state index contributed by atoms with van der Waals surface area (Å²) in [6.07, 6.45) is 2.69. The number of ether oxygens (including phenoxy) is 1. The van der Waals surface area contributed by atoms with Gasteiger partial charge in [0.2, 0.25) is 0 Å². The number of rotatable bonds is 7. The van der Waals surface area contributed by atoms with E-state index in [1.54, 1.807) is 24.3 Å². The van der Waals surface area contributed by atoms with Crippen molar-refractivity contribution in [1.29, 1.82) is 5.26 Å². The minimum atomic E-state index is -0.355. The molecule has 0 heterocycles. The van der Waals surface area contributed by atoms with Crippen LogP contribution < -0.4 is 66.7 Å². The van der Waals surface area contributed by atoms with Gasteiger partial charge in [-0.05, 0) is 48.5 Å². The number of nitrogens with zero attached hydrogens (tertiary/aromatic N) is 2. The molecule has 0 saturated carbocycles. The van der Waals surface area contributed by atoms with E-state index >= 15 is 0 Å². The summed E-state index contributed by atoms with van der Waals surface area (Å²) in [4.78, 5) is 5.30. The number of benzene rings is 2. The van der Waals surface area contributed by atoms with E-state index in [9.17, 15) is 4.39 Å². The van der Waals surface area contributed by atoms with Gasteiger partial charge in [-0.2, -0.15) is 5.26 Å². The Morgan fingerprint density at radius 2 is 1.77 bits per heavy atom. The second-order valence-electron chi connectivity index (χ2n) is 4.75. The predicted octanol–water partition coefficient (Wildman–Crippen LogP) is 1.37. The third-order valence-corrected chi connectivity index (χ3v) is 3.15. The summed E-state index contributed by atoms with van der Waals surface area (Å²) in [6, 6.07) is 14.0. The maximum Gasteiger partial charge on any atom is 1.00 e. The number of nitriles is 1. The molecule has 2 aromatic carbocycles. The van der Waals surface area contributed by atoms with Crippen molar-refractivity contribution in [2.75, 3.05) is 6.61 Å². The quantitative estimate of drug-likeness (QED) is 0.434. The third kappa shape index (κ3) is 7.79. The number of allylic oxidation sites excluding steroid dienone is 2. The van der Waals surface area contributed by atoms with Crippen LogP contribution in [0.3, 0.4) is 0 Å². The molecule has 2 aromatic rings. The molecule has 0 saturated heterocycles. The van der Waals surface area contributed by atoms with Gasteiger partial charge >= 0.3 is 51.4 Å². The summed E-state index contributed by atoms with van der Waals surface area (Å²) >= 11 is 5.89. The van der Waals surface area contributed by atoms with Crippen molar-refractivity contribution in [1.82, 2.24) is 0 Å². The van der Waals surface area contributed by atoms with Gasteiger partial charge in [-0.15, -0.1) is 0 Å². The van der Waals surface area contributed by atoms with Crippen LogP contribution in [0.25, 0.3) is 5.48 Å². The SMILES string of the molecule is N#Cc1ccc(O[N-]/C(=C/C(Cl)=C\N)COc2ccc(F)cc2)cc1.[K+]. The molecule has 0 aromatic heterocycles.